The van der Waals surface area contributed by atoms with E-state index >= 15 is 0 Å². The molecule has 0 aromatic heterocycles. The van der Waals surface area contributed by atoms with Crippen LogP contribution >= 0.6 is 0 Å². The maximum Gasteiger partial charge on any atom is 0.0835 e. The number of hydrogen-bond donors (Lipinski definition) is 4. The summed E-state index contributed by atoms with van der Waals surface area (Å²) in [5, 5.41) is 15.0. The highest BCUT2D eigenvalue weighted by atomic mass is 15.3. The molecule has 0 bridgehead atoms. The molecule has 3 aliphatic heterocycles. The van der Waals surface area contributed by atoms with Crippen molar-refractivity contribution in [3.63, 3.8) is 0 Å². The molecule has 1 aliphatic carbocycles. The highest BCUT2D eigenvalue weighted by molar-refractivity contribution is 5.61. The van der Waals surface area contributed by atoms with Crippen LogP contribution in [-0.4, -0.2) is 87.1 Å². The van der Waals surface area contributed by atoms with Crippen molar-refractivity contribution in [2.75, 3.05) is 39.8 Å². The van der Waals surface area contributed by atoms with Gasteiger partial charge in [-0.25, -0.2) is 0 Å². The Morgan fingerprint density at radius 2 is 1.70 bits per heavy atom. The van der Waals surface area contributed by atoms with Gasteiger partial charge in [-0.1, -0.05) is 0 Å². The molecule has 0 spiro atoms. The Morgan fingerprint density at radius 1 is 0.950 bits per heavy atom. The summed E-state index contributed by atoms with van der Waals surface area (Å²) in [4.78, 5) is 7.41. The summed E-state index contributed by atoms with van der Waals surface area (Å²) in [5.74, 6) is 0. The van der Waals surface area contributed by atoms with Gasteiger partial charge in [0.05, 0.1) is 12.1 Å². The molecule has 0 radical (unpaired) electrons. The van der Waals surface area contributed by atoms with E-state index in [9.17, 15) is 0 Å². The van der Waals surface area contributed by atoms with Gasteiger partial charge in [0, 0.05) is 50.0 Å². The Hall–Kier alpha value is -0.530. The summed E-state index contributed by atoms with van der Waals surface area (Å²) in [7, 11) is 2.27. The number of fused-ring (bicyclic) bond motifs is 6. The van der Waals surface area contributed by atoms with E-state index in [1.54, 1.807) is 0 Å². The molecule has 6 atom stereocenters. The molecule has 6 unspecified atom stereocenters. The van der Waals surface area contributed by atoms with Crippen molar-refractivity contribution >= 4 is 6.21 Å². The fourth-order valence-corrected chi connectivity index (χ4v) is 4.60. The number of nitrogens with zero attached hydrogens (tertiary/aromatic N) is 2. The fraction of sp³-hybridized carbons (Fsp3) is 0.929. The Kier molecular flexibility index (Phi) is 3.52. The molecule has 4 rings (SSSR count). The summed E-state index contributed by atoms with van der Waals surface area (Å²) in [5.41, 5.74) is 0. The van der Waals surface area contributed by atoms with Crippen molar-refractivity contribution in [1.82, 2.24) is 26.2 Å². The molecule has 3 fully saturated rings. The zero-order valence-corrected chi connectivity index (χ0v) is 12.2. The Balaban J connectivity index is 1.71. The fourth-order valence-electron chi connectivity index (χ4n) is 4.60. The highest BCUT2D eigenvalue weighted by Gasteiger charge is 2.53. The summed E-state index contributed by atoms with van der Waals surface area (Å²) in [6.07, 6.45) is 3.29. The van der Waals surface area contributed by atoms with Crippen LogP contribution in [0, 0.1) is 0 Å². The van der Waals surface area contributed by atoms with Gasteiger partial charge in [-0.05, 0) is 26.6 Å². The van der Waals surface area contributed by atoms with E-state index in [0.29, 0.717) is 36.3 Å². The molecule has 4 aliphatic rings. The average molecular weight is 278 g/mol. The van der Waals surface area contributed by atoms with Crippen LogP contribution in [0.2, 0.25) is 0 Å². The van der Waals surface area contributed by atoms with Crippen molar-refractivity contribution in [2.45, 2.75) is 42.7 Å². The first-order valence-corrected chi connectivity index (χ1v) is 8.02. The normalized spacial score (nSPS) is 48.9. The van der Waals surface area contributed by atoms with Gasteiger partial charge < -0.3 is 21.3 Å². The number of piperazine rings is 1. The van der Waals surface area contributed by atoms with Gasteiger partial charge in [0.1, 0.15) is 0 Å². The van der Waals surface area contributed by atoms with Gasteiger partial charge >= 0.3 is 0 Å². The van der Waals surface area contributed by atoms with Gasteiger partial charge in [0.2, 0.25) is 0 Å². The molecule has 1 saturated carbocycles. The first kappa shape index (κ1) is 13.2. The lowest BCUT2D eigenvalue weighted by Crippen LogP contribution is -2.80. The first-order chi connectivity index (χ1) is 9.86. The van der Waals surface area contributed by atoms with Crippen LogP contribution in [0.1, 0.15) is 6.42 Å². The van der Waals surface area contributed by atoms with E-state index in [0.717, 1.165) is 32.7 Å². The molecule has 0 aromatic rings. The van der Waals surface area contributed by atoms with Crippen molar-refractivity contribution in [3.05, 3.63) is 0 Å². The molecule has 112 valence electrons. The third-order valence-corrected chi connectivity index (χ3v) is 5.43. The van der Waals surface area contributed by atoms with E-state index in [1.807, 2.05) is 0 Å². The van der Waals surface area contributed by atoms with Crippen molar-refractivity contribution in [1.29, 1.82) is 0 Å². The van der Waals surface area contributed by atoms with Gasteiger partial charge in [-0.2, -0.15) is 0 Å². The average Bonchev–Trinajstić information content (AvgIpc) is 2.70. The SMILES string of the molecule is CN1CCCNC2C3NCCNC3C3NCC=NC3C21. The molecule has 2 saturated heterocycles. The monoisotopic (exact) mass is 278 g/mol. The highest BCUT2D eigenvalue weighted by Crippen LogP contribution is 2.30. The molecule has 6 nitrogen and oxygen atoms in total. The molecular weight excluding hydrogens is 252 g/mol. The molecule has 0 aromatic carbocycles. The van der Waals surface area contributed by atoms with Gasteiger partial charge in [-0.15, -0.1) is 0 Å². The van der Waals surface area contributed by atoms with E-state index in [4.69, 9.17) is 4.99 Å². The van der Waals surface area contributed by atoms with Crippen molar-refractivity contribution in [3.8, 4) is 0 Å². The van der Waals surface area contributed by atoms with Crippen LogP contribution in [0.25, 0.3) is 0 Å². The summed E-state index contributed by atoms with van der Waals surface area (Å²) in [6.45, 7) is 5.31. The van der Waals surface area contributed by atoms with Gasteiger partial charge in [0.15, 0.2) is 0 Å². The largest absolute Gasteiger partial charge is 0.311 e. The third kappa shape index (κ3) is 2.02. The zero-order valence-electron chi connectivity index (χ0n) is 12.2. The predicted molar refractivity (Wildman–Crippen MR) is 80.5 cm³/mol. The Labute approximate surface area is 120 Å². The number of aliphatic imine (C=N–C) groups is 1. The second kappa shape index (κ2) is 5.35. The number of likely N-dealkylation sites (N-methyl/N-ethyl adjacent to an activating group) is 1. The van der Waals surface area contributed by atoms with Crippen LogP contribution in [-0.2, 0) is 0 Å². The minimum Gasteiger partial charge on any atom is -0.311 e. The van der Waals surface area contributed by atoms with Crippen LogP contribution in [0.15, 0.2) is 4.99 Å². The molecule has 20 heavy (non-hydrogen) atoms. The summed E-state index contributed by atoms with van der Waals surface area (Å²) >= 11 is 0. The van der Waals surface area contributed by atoms with E-state index in [1.165, 1.54) is 6.42 Å². The van der Waals surface area contributed by atoms with E-state index in [2.05, 4.69) is 39.4 Å². The topological polar surface area (TPSA) is 63.7 Å². The lowest BCUT2D eigenvalue weighted by Gasteiger charge is -2.55. The maximum absolute atomic E-state index is 4.88. The van der Waals surface area contributed by atoms with Crippen LogP contribution in [0.3, 0.4) is 0 Å². The standard InChI is InChI=1S/C14H26N6/c1-20-8-2-3-15-12-10-9(16-4-5-17-10)11-13(14(12)20)19-7-6-18-11/h7,9-18H,2-6,8H2,1H3. The number of hydrogen-bond acceptors (Lipinski definition) is 6. The second-order valence-corrected chi connectivity index (χ2v) is 6.52. The quantitative estimate of drug-likeness (QED) is 0.413. The molecule has 6 heteroatoms. The molecule has 0 amide bonds. The van der Waals surface area contributed by atoms with Gasteiger partial charge in [0.25, 0.3) is 0 Å². The van der Waals surface area contributed by atoms with Crippen LogP contribution < -0.4 is 21.3 Å². The Bertz CT molecular complexity index is 386. The number of nitrogens with one attached hydrogen (secondary N) is 4. The number of rotatable bonds is 0. The minimum absolute atomic E-state index is 0.359. The van der Waals surface area contributed by atoms with E-state index in [-0.39, 0.29) is 0 Å². The van der Waals surface area contributed by atoms with Gasteiger partial charge in [-0.3, -0.25) is 9.89 Å². The predicted octanol–water partition coefficient (Wildman–Crippen LogP) is -2.00. The first-order valence-electron chi connectivity index (χ1n) is 8.02. The third-order valence-electron chi connectivity index (χ3n) is 5.43. The summed E-state index contributed by atoms with van der Waals surface area (Å²) in [6, 6.07) is 2.75. The summed E-state index contributed by atoms with van der Waals surface area (Å²) < 4.78 is 0. The lowest BCUT2D eigenvalue weighted by molar-refractivity contribution is 0.0640. The molecular formula is C14H26N6. The Morgan fingerprint density at radius 3 is 2.55 bits per heavy atom. The van der Waals surface area contributed by atoms with Crippen molar-refractivity contribution in [2.24, 2.45) is 4.99 Å². The smallest absolute Gasteiger partial charge is 0.0835 e. The minimum atomic E-state index is 0.359. The molecule has 4 N–H and O–H groups in total. The maximum atomic E-state index is 4.88. The van der Waals surface area contributed by atoms with Crippen LogP contribution in [0.5, 0.6) is 0 Å². The van der Waals surface area contributed by atoms with Crippen LogP contribution in [0.4, 0.5) is 0 Å². The van der Waals surface area contributed by atoms with Crippen molar-refractivity contribution < 1.29 is 0 Å². The lowest BCUT2D eigenvalue weighted by atomic mass is 9.73. The molecule has 3 heterocycles. The zero-order chi connectivity index (χ0) is 13.5. The second-order valence-electron chi connectivity index (χ2n) is 6.52. The van der Waals surface area contributed by atoms with E-state index < -0.39 is 0 Å².